The second-order valence-electron chi connectivity index (χ2n) is 4.87. The number of amides is 2. The van der Waals surface area contributed by atoms with E-state index in [2.05, 4.69) is 5.32 Å². The fourth-order valence-electron chi connectivity index (χ4n) is 2.56. The first-order chi connectivity index (χ1) is 8.63. The third kappa shape index (κ3) is 2.64. The van der Waals surface area contributed by atoms with E-state index in [4.69, 9.17) is 4.74 Å². The number of ether oxygens (including phenoxy) is 1. The van der Waals surface area contributed by atoms with Crippen molar-refractivity contribution in [2.24, 2.45) is 5.92 Å². The Balaban J connectivity index is 1.89. The SMILES string of the molecule is CNC1COCC1C(=O)N1CCN(C(C)=O)CC1. The molecule has 2 fully saturated rings. The average Bonchev–Trinajstić information content (AvgIpc) is 2.86. The molecule has 0 aliphatic carbocycles. The van der Waals surface area contributed by atoms with E-state index < -0.39 is 0 Å². The summed E-state index contributed by atoms with van der Waals surface area (Å²) in [5.74, 6) is 0.147. The molecule has 2 heterocycles. The molecule has 0 saturated carbocycles. The third-order valence-electron chi connectivity index (χ3n) is 3.81. The van der Waals surface area contributed by atoms with Crippen molar-refractivity contribution < 1.29 is 14.3 Å². The van der Waals surface area contributed by atoms with Crippen LogP contribution < -0.4 is 5.32 Å². The van der Waals surface area contributed by atoms with Gasteiger partial charge in [-0.3, -0.25) is 9.59 Å². The van der Waals surface area contributed by atoms with E-state index in [1.165, 1.54) is 0 Å². The zero-order valence-corrected chi connectivity index (χ0v) is 11.0. The summed E-state index contributed by atoms with van der Waals surface area (Å²) < 4.78 is 5.36. The zero-order valence-electron chi connectivity index (χ0n) is 11.0. The van der Waals surface area contributed by atoms with Crippen molar-refractivity contribution in [3.63, 3.8) is 0 Å². The fraction of sp³-hybridized carbons (Fsp3) is 0.833. The van der Waals surface area contributed by atoms with E-state index in [-0.39, 0.29) is 23.8 Å². The van der Waals surface area contributed by atoms with Gasteiger partial charge in [-0.15, -0.1) is 0 Å². The lowest BCUT2D eigenvalue weighted by atomic mass is 10.0. The topological polar surface area (TPSA) is 61.9 Å². The Hall–Kier alpha value is -1.14. The molecule has 6 heteroatoms. The number of nitrogens with zero attached hydrogens (tertiary/aromatic N) is 2. The number of likely N-dealkylation sites (N-methyl/N-ethyl adjacent to an activating group) is 1. The van der Waals surface area contributed by atoms with E-state index in [1.54, 1.807) is 11.8 Å². The average molecular weight is 255 g/mol. The van der Waals surface area contributed by atoms with Crippen molar-refractivity contribution in [2.45, 2.75) is 13.0 Å². The molecular formula is C12H21N3O3. The number of hydrogen-bond acceptors (Lipinski definition) is 4. The summed E-state index contributed by atoms with van der Waals surface area (Å²) in [5.41, 5.74) is 0. The predicted molar refractivity (Wildman–Crippen MR) is 66.0 cm³/mol. The van der Waals surface area contributed by atoms with Gasteiger partial charge in [0, 0.05) is 39.1 Å². The highest BCUT2D eigenvalue weighted by molar-refractivity contribution is 5.80. The van der Waals surface area contributed by atoms with Crippen LogP contribution in [-0.2, 0) is 14.3 Å². The Morgan fingerprint density at radius 2 is 1.72 bits per heavy atom. The Bertz CT molecular complexity index is 327. The van der Waals surface area contributed by atoms with Crippen LogP contribution in [0.4, 0.5) is 0 Å². The van der Waals surface area contributed by atoms with Gasteiger partial charge in [0.15, 0.2) is 0 Å². The molecule has 2 aliphatic rings. The Kier molecular flexibility index (Phi) is 4.19. The molecule has 0 aromatic rings. The maximum Gasteiger partial charge on any atom is 0.229 e. The highest BCUT2D eigenvalue weighted by Gasteiger charge is 2.36. The van der Waals surface area contributed by atoms with Crippen LogP contribution in [0.15, 0.2) is 0 Å². The lowest BCUT2D eigenvalue weighted by Gasteiger charge is -2.36. The Morgan fingerprint density at radius 1 is 1.11 bits per heavy atom. The van der Waals surface area contributed by atoms with Crippen molar-refractivity contribution in [1.82, 2.24) is 15.1 Å². The summed E-state index contributed by atoms with van der Waals surface area (Å²) in [5, 5.41) is 3.12. The minimum absolute atomic E-state index is 0.0828. The molecule has 0 bridgehead atoms. The van der Waals surface area contributed by atoms with E-state index in [9.17, 15) is 9.59 Å². The first-order valence-corrected chi connectivity index (χ1v) is 6.42. The number of carbonyl (C=O) groups is 2. The molecule has 2 amide bonds. The maximum atomic E-state index is 12.3. The predicted octanol–water partition coefficient (Wildman–Crippen LogP) is -1.09. The quantitative estimate of drug-likeness (QED) is 0.681. The van der Waals surface area contributed by atoms with Gasteiger partial charge in [-0.05, 0) is 7.05 Å². The summed E-state index contributed by atoms with van der Waals surface area (Å²) in [4.78, 5) is 27.2. The second-order valence-corrected chi connectivity index (χ2v) is 4.87. The summed E-state index contributed by atoms with van der Waals surface area (Å²) in [6, 6.07) is 0.114. The minimum Gasteiger partial charge on any atom is -0.379 e. The largest absolute Gasteiger partial charge is 0.379 e. The number of carbonyl (C=O) groups excluding carboxylic acids is 2. The molecule has 2 saturated heterocycles. The van der Waals surface area contributed by atoms with Crippen LogP contribution in [0.5, 0.6) is 0 Å². The fourth-order valence-corrected chi connectivity index (χ4v) is 2.56. The number of hydrogen-bond donors (Lipinski definition) is 1. The van der Waals surface area contributed by atoms with Gasteiger partial charge in [0.05, 0.1) is 19.1 Å². The van der Waals surface area contributed by atoms with Crippen molar-refractivity contribution in [3.8, 4) is 0 Å². The van der Waals surface area contributed by atoms with Gasteiger partial charge in [-0.1, -0.05) is 0 Å². The van der Waals surface area contributed by atoms with Gasteiger partial charge in [0.2, 0.25) is 11.8 Å². The molecule has 0 aromatic carbocycles. The van der Waals surface area contributed by atoms with E-state index in [0.29, 0.717) is 39.4 Å². The molecule has 2 rings (SSSR count). The molecule has 0 aromatic heterocycles. The van der Waals surface area contributed by atoms with Crippen molar-refractivity contribution in [2.75, 3.05) is 46.4 Å². The van der Waals surface area contributed by atoms with E-state index in [1.807, 2.05) is 11.9 Å². The third-order valence-corrected chi connectivity index (χ3v) is 3.81. The van der Waals surface area contributed by atoms with Gasteiger partial charge < -0.3 is 19.9 Å². The molecule has 0 radical (unpaired) electrons. The number of rotatable bonds is 2. The summed E-state index contributed by atoms with van der Waals surface area (Å²) in [6.07, 6.45) is 0. The molecule has 6 nitrogen and oxygen atoms in total. The first-order valence-electron chi connectivity index (χ1n) is 6.42. The minimum atomic E-state index is -0.0844. The molecule has 2 unspecified atom stereocenters. The van der Waals surface area contributed by atoms with Crippen molar-refractivity contribution in [1.29, 1.82) is 0 Å². The number of piperazine rings is 1. The summed E-state index contributed by atoms with van der Waals surface area (Å²) >= 11 is 0. The summed E-state index contributed by atoms with van der Waals surface area (Å²) in [6.45, 7) is 5.20. The van der Waals surface area contributed by atoms with Crippen LogP contribution in [0.25, 0.3) is 0 Å². The van der Waals surface area contributed by atoms with Crippen LogP contribution in [0.2, 0.25) is 0 Å². The lowest BCUT2D eigenvalue weighted by molar-refractivity contribution is -0.141. The maximum absolute atomic E-state index is 12.3. The molecule has 0 spiro atoms. The highest BCUT2D eigenvalue weighted by Crippen LogP contribution is 2.17. The van der Waals surface area contributed by atoms with Crippen molar-refractivity contribution in [3.05, 3.63) is 0 Å². The smallest absolute Gasteiger partial charge is 0.229 e. The van der Waals surface area contributed by atoms with Gasteiger partial charge in [0.1, 0.15) is 0 Å². The zero-order chi connectivity index (χ0) is 13.1. The van der Waals surface area contributed by atoms with Gasteiger partial charge in [-0.25, -0.2) is 0 Å². The lowest BCUT2D eigenvalue weighted by Crippen LogP contribution is -2.53. The van der Waals surface area contributed by atoms with Crippen LogP contribution in [0, 0.1) is 5.92 Å². The first kappa shape index (κ1) is 13.3. The highest BCUT2D eigenvalue weighted by atomic mass is 16.5. The van der Waals surface area contributed by atoms with Crippen LogP contribution in [0.3, 0.4) is 0 Å². The normalized spacial score (nSPS) is 28.6. The molecular weight excluding hydrogens is 234 g/mol. The Labute approximate surface area is 107 Å². The second kappa shape index (κ2) is 5.67. The molecule has 2 atom stereocenters. The number of nitrogens with one attached hydrogen (secondary N) is 1. The van der Waals surface area contributed by atoms with Gasteiger partial charge in [0.25, 0.3) is 0 Å². The molecule has 1 N–H and O–H groups in total. The van der Waals surface area contributed by atoms with Crippen LogP contribution in [-0.4, -0.2) is 74.1 Å². The van der Waals surface area contributed by atoms with Crippen LogP contribution >= 0.6 is 0 Å². The standard InChI is InChI=1S/C12H21N3O3/c1-9(16)14-3-5-15(6-4-14)12(17)10-7-18-8-11(10)13-2/h10-11,13H,3-8H2,1-2H3. The Morgan fingerprint density at radius 3 is 2.28 bits per heavy atom. The van der Waals surface area contributed by atoms with Gasteiger partial charge >= 0.3 is 0 Å². The summed E-state index contributed by atoms with van der Waals surface area (Å²) in [7, 11) is 1.85. The van der Waals surface area contributed by atoms with Crippen molar-refractivity contribution >= 4 is 11.8 Å². The van der Waals surface area contributed by atoms with E-state index in [0.717, 1.165) is 0 Å². The van der Waals surface area contributed by atoms with E-state index >= 15 is 0 Å². The monoisotopic (exact) mass is 255 g/mol. The molecule has 18 heavy (non-hydrogen) atoms. The molecule has 102 valence electrons. The molecule has 2 aliphatic heterocycles. The van der Waals surface area contributed by atoms with Crippen LogP contribution in [0.1, 0.15) is 6.92 Å². The van der Waals surface area contributed by atoms with Gasteiger partial charge in [-0.2, -0.15) is 0 Å².